The fourth-order valence-electron chi connectivity index (χ4n) is 2.47. The van der Waals surface area contributed by atoms with Gasteiger partial charge in [0.25, 0.3) is 0 Å². The number of rotatable bonds is 3. The number of benzene rings is 1. The Hall–Kier alpha value is -0.730. The molecular weight excluding hydrogens is 234 g/mol. The average Bonchev–Trinajstić information content (AvgIpc) is 2.35. The van der Waals surface area contributed by atoms with Crippen molar-refractivity contribution in [3.05, 3.63) is 28.8 Å². The van der Waals surface area contributed by atoms with Crippen LogP contribution in [-0.2, 0) is 0 Å². The maximum Gasteiger partial charge on any atom is 0.139 e. The lowest BCUT2D eigenvalue weighted by Crippen LogP contribution is -2.45. The molecule has 1 saturated carbocycles. The lowest BCUT2D eigenvalue weighted by atomic mass is 9.84. The Balaban J connectivity index is 2.20. The van der Waals surface area contributed by atoms with Gasteiger partial charge in [-0.05, 0) is 50.3 Å². The Morgan fingerprint density at radius 2 is 2.00 bits per heavy atom. The molecule has 0 atom stereocenters. The molecule has 1 aliphatic carbocycles. The van der Waals surface area contributed by atoms with Crippen molar-refractivity contribution in [3.63, 3.8) is 0 Å². The summed E-state index contributed by atoms with van der Waals surface area (Å²) in [5.41, 5.74) is 6.87. The third kappa shape index (κ3) is 2.93. The second-order valence-electron chi connectivity index (χ2n) is 4.98. The summed E-state index contributed by atoms with van der Waals surface area (Å²) in [6.07, 6.45) is 5.75. The summed E-state index contributed by atoms with van der Waals surface area (Å²) in [5, 5.41) is 0.675. The Labute approximate surface area is 108 Å². The number of halogens is 1. The Morgan fingerprint density at radius 3 is 2.65 bits per heavy atom. The predicted octanol–water partition coefficient (Wildman–Crippen LogP) is 3.69. The van der Waals surface area contributed by atoms with Gasteiger partial charge in [-0.25, -0.2) is 0 Å². The van der Waals surface area contributed by atoms with E-state index in [9.17, 15) is 0 Å². The zero-order chi connectivity index (χ0) is 12.3. The molecule has 0 heterocycles. The summed E-state index contributed by atoms with van der Waals surface area (Å²) in [7, 11) is 0. The van der Waals surface area contributed by atoms with E-state index in [4.69, 9.17) is 22.1 Å². The molecule has 94 valence electrons. The highest BCUT2D eigenvalue weighted by Crippen LogP contribution is 2.35. The van der Waals surface area contributed by atoms with Crippen LogP contribution >= 0.6 is 11.6 Å². The molecule has 0 aliphatic heterocycles. The molecule has 1 aromatic carbocycles. The summed E-state index contributed by atoms with van der Waals surface area (Å²) in [6.45, 7) is 2.61. The topological polar surface area (TPSA) is 35.2 Å². The SMILES string of the molecule is Cc1ccc(Cl)c(OC2(CN)CCCCC2)c1. The molecule has 2 rings (SSSR count). The summed E-state index contributed by atoms with van der Waals surface area (Å²) < 4.78 is 6.15. The average molecular weight is 254 g/mol. The van der Waals surface area contributed by atoms with Crippen molar-refractivity contribution >= 4 is 11.6 Å². The van der Waals surface area contributed by atoms with Gasteiger partial charge in [-0.1, -0.05) is 24.1 Å². The lowest BCUT2D eigenvalue weighted by molar-refractivity contribution is 0.0387. The van der Waals surface area contributed by atoms with Crippen molar-refractivity contribution in [2.45, 2.75) is 44.6 Å². The van der Waals surface area contributed by atoms with Gasteiger partial charge in [0.15, 0.2) is 0 Å². The first kappa shape index (κ1) is 12.7. The van der Waals surface area contributed by atoms with Crippen molar-refractivity contribution in [3.8, 4) is 5.75 Å². The molecule has 0 saturated heterocycles. The largest absolute Gasteiger partial charge is 0.484 e. The lowest BCUT2D eigenvalue weighted by Gasteiger charge is -2.37. The van der Waals surface area contributed by atoms with E-state index in [-0.39, 0.29) is 5.60 Å². The molecule has 2 nitrogen and oxygen atoms in total. The maximum atomic E-state index is 6.17. The molecule has 1 fully saturated rings. The van der Waals surface area contributed by atoms with Crippen molar-refractivity contribution < 1.29 is 4.74 Å². The van der Waals surface area contributed by atoms with Crippen molar-refractivity contribution in [1.82, 2.24) is 0 Å². The summed E-state index contributed by atoms with van der Waals surface area (Å²) >= 11 is 6.17. The van der Waals surface area contributed by atoms with Gasteiger partial charge in [-0.3, -0.25) is 0 Å². The zero-order valence-corrected chi connectivity index (χ0v) is 11.1. The highest BCUT2D eigenvalue weighted by Gasteiger charge is 2.33. The molecule has 0 bridgehead atoms. The quantitative estimate of drug-likeness (QED) is 0.892. The van der Waals surface area contributed by atoms with E-state index in [0.717, 1.165) is 24.2 Å². The highest BCUT2D eigenvalue weighted by atomic mass is 35.5. The smallest absolute Gasteiger partial charge is 0.139 e. The van der Waals surface area contributed by atoms with E-state index >= 15 is 0 Å². The fourth-order valence-corrected chi connectivity index (χ4v) is 2.62. The minimum Gasteiger partial charge on any atom is -0.484 e. The van der Waals surface area contributed by atoms with Gasteiger partial charge in [-0.2, -0.15) is 0 Å². The standard InChI is InChI=1S/C14H20ClNO/c1-11-5-6-12(15)13(9-11)17-14(10-16)7-3-2-4-8-14/h5-6,9H,2-4,7-8,10,16H2,1H3. The van der Waals surface area contributed by atoms with Gasteiger partial charge in [0, 0.05) is 6.54 Å². The molecule has 0 aromatic heterocycles. The Kier molecular flexibility index (Phi) is 3.95. The van der Waals surface area contributed by atoms with Crippen LogP contribution in [0.2, 0.25) is 5.02 Å². The number of ether oxygens (including phenoxy) is 1. The highest BCUT2D eigenvalue weighted by molar-refractivity contribution is 6.32. The van der Waals surface area contributed by atoms with Crippen LogP contribution in [0, 0.1) is 6.92 Å². The van der Waals surface area contributed by atoms with Crippen LogP contribution in [-0.4, -0.2) is 12.1 Å². The van der Waals surface area contributed by atoms with Crippen LogP contribution in [0.25, 0.3) is 0 Å². The third-order valence-electron chi connectivity index (χ3n) is 3.55. The van der Waals surface area contributed by atoms with Gasteiger partial charge >= 0.3 is 0 Å². The van der Waals surface area contributed by atoms with E-state index in [1.54, 1.807) is 0 Å². The third-order valence-corrected chi connectivity index (χ3v) is 3.86. The van der Waals surface area contributed by atoms with Gasteiger partial charge in [0.2, 0.25) is 0 Å². The number of hydrogen-bond acceptors (Lipinski definition) is 2. The van der Waals surface area contributed by atoms with E-state index in [2.05, 4.69) is 0 Å². The van der Waals surface area contributed by atoms with Crippen molar-refractivity contribution in [1.29, 1.82) is 0 Å². The molecule has 17 heavy (non-hydrogen) atoms. The van der Waals surface area contributed by atoms with Gasteiger partial charge < -0.3 is 10.5 Å². The first-order valence-electron chi connectivity index (χ1n) is 6.30. The van der Waals surface area contributed by atoms with E-state index < -0.39 is 0 Å². The molecule has 0 unspecified atom stereocenters. The van der Waals surface area contributed by atoms with Crippen LogP contribution in [0.5, 0.6) is 5.75 Å². The van der Waals surface area contributed by atoms with E-state index in [1.165, 1.54) is 19.3 Å². The van der Waals surface area contributed by atoms with Gasteiger partial charge in [-0.15, -0.1) is 0 Å². The minimum atomic E-state index is -0.199. The van der Waals surface area contributed by atoms with E-state index in [0.29, 0.717) is 11.6 Å². The van der Waals surface area contributed by atoms with Gasteiger partial charge in [0.1, 0.15) is 11.4 Å². The predicted molar refractivity (Wildman–Crippen MR) is 71.7 cm³/mol. The number of hydrogen-bond donors (Lipinski definition) is 1. The van der Waals surface area contributed by atoms with Crippen LogP contribution in [0.15, 0.2) is 18.2 Å². The van der Waals surface area contributed by atoms with E-state index in [1.807, 2.05) is 25.1 Å². The molecule has 3 heteroatoms. The molecule has 0 amide bonds. The molecule has 1 aliphatic rings. The van der Waals surface area contributed by atoms with Gasteiger partial charge in [0.05, 0.1) is 5.02 Å². The second kappa shape index (κ2) is 5.28. The Bertz CT molecular complexity index is 386. The van der Waals surface area contributed by atoms with Crippen LogP contribution in [0.3, 0.4) is 0 Å². The minimum absolute atomic E-state index is 0.199. The van der Waals surface area contributed by atoms with Crippen molar-refractivity contribution in [2.75, 3.05) is 6.54 Å². The number of nitrogens with two attached hydrogens (primary N) is 1. The number of aryl methyl sites for hydroxylation is 1. The molecule has 0 spiro atoms. The van der Waals surface area contributed by atoms with Crippen LogP contribution < -0.4 is 10.5 Å². The summed E-state index contributed by atoms with van der Waals surface area (Å²) in [5.74, 6) is 0.777. The zero-order valence-electron chi connectivity index (χ0n) is 10.3. The first-order chi connectivity index (χ1) is 8.15. The Morgan fingerprint density at radius 1 is 1.29 bits per heavy atom. The summed E-state index contributed by atoms with van der Waals surface area (Å²) in [6, 6.07) is 5.87. The second-order valence-corrected chi connectivity index (χ2v) is 5.39. The van der Waals surface area contributed by atoms with Crippen molar-refractivity contribution in [2.24, 2.45) is 5.73 Å². The molecule has 2 N–H and O–H groups in total. The van der Waals surface area contributed by atoms with Crippen LogP contribution in [0.1, 0.15) is 37.7 Å². The molecule has 0 radical (unpaired) electrons. The first-order valence-corrected chi connectivity index (χ1v) is 6.68. The normalized spacial score (nSPS) is 19.0. The van der Waals surface area contributed by atoms with Crippen LogP contribution in [0.4, 0.5) is 0 Å². The monoisotopic (exact) mass is 253 g/mol. The maximum absolute atomic E-state index is 6.17. The fraction of sp³-hybridized carbons (Fsp3) is 0.571. The molecular formula is C14H20ClNO. The molecule has 1 aromatic rings. The summed E-state index contributed by atoms with van der Waals surface area (Å²) in [4.78, 5) is 0.